The van der Waals surface area contributed by atoms with Gasteiger partial charge in [0.15, 0.2) is 5.78 Å². The lowest BCUT2D eigenvalue weighted by atomic mass is 9.97. The van der Waals surface area contributed by atoms with E-state index in [1.165, 1.54) is 12.5 Å². The van der Waals surface area contributed by atoms with E-state index < -0.39 is 11.6 Å². The molecule has 2 nitrogen and oxygen atoms in total. The van der Waals surface area contributed by atoms with Gasteiger partial charge in [-0.15, -0.1) is 0 Å². The van der Waals surface area contributed by atoms with Gasteiger partial charge in [-0.25, -0.2) is 0 Å². The zero-order valence-corrected chi connectivity index (χ0v) is 12.0. The van der Waals surface area contributed by atoms with Gasteiger partial charge >= 0.3 is 0 Å². The number of hydrogen-bond donors (Lipinski definition) is 0. The Balaban J connectivity index is 2.36. The monoisotopic (exact) mass is 266 g/mol. The predicted molar refractivity (Wildman–Crippen MR) is 81.0 cm³/mol. The third-order valence-corrected chi connectivity index (χ3v) is 3.36. The maximum atomic E-state index is 11.7. The van der Waals surface area contributed by atoms with Gasteiger partial charge in [-0.3, -0.25) is 9.59 Å². The van der Waals surface area contributed by atoms with E-state index >= 15 is 0 Å². The molecule has 20 heavy (non-hydrogen) atoms. The molecule has 0 atom stereocenters. The van der Waals surface area contributed by atoms with Gasteiger partial charge < -0.3 is 0 Å². The summed E-state index contributed by atoms with van der Waals surface area (Å²) in [5, 5.41) is 0. The van der Waals surface area contributed by atoms with Crippen LogP contribution in [0, 0.1) is 0 Å². The summed E-state index contributed by atoms with van der Waals surface area (Å²) >= 11 is 0. The molecule has 0 aliphatic carbocycles. The van der Waals surface area contributed by atoms with Crippen LogP contribution >= 0.6 is 0 Å². The fraction of sp³-hybridized carbons (Fsp3) is 0.222. The van der Waals surface area contributed by atoms with Crippen molar-refractivity contribution in [3.05, 3.63) is 59.7 Å². The third-order valence-electron chi connectivity index (χ3n) is 3.36. The highest BCUT2D eigenvalue weighted by Crippen LogP contribution is 2.23. The highest BCUT2D eigenvalue weighted by Gasteiger charge is 2.11. The largest absolute Gasteiger partial charge is 0.291 e. The number of rotatable bonds is 4. The molecule has 0 spiro atoms. The van der Waals surface area contributed by atoms with Crippen molar-refractivity contribution in [2.24, 2.45) is 0 Å². The Bertz CT molecular complexity index is 637. The Hall–Kier alpha value is -2.22. The fourth-order valence-corrected chi connectivity index (χ4v) is 2.10. The Morgan fingerprint density at radius 2 is 1.55 bits per heavy atom. The third kappa shape index (κ3) is 3.02. The van der Waals surface area contributed by atoms with Crippen LogP contribution in [0.25, 0.3) is 11.1 Å². The molecule has 0 aliphatic rings. The van der Waals surface area contributed by atoms with Crippen molar-refractivity contribution in [1.29, 1.82) is 0 Å². The lowest BCUT2D eigenvalue weighted by Gasteiger charge is -2.08. The second kappa shape index (κ2) is 5.83. The van der Waals surface area contributed by atoms with E-state index in [9.17, 15) is 9.59 Å². The molecule has 0 amide bonds. The standard InChI is InChI=1S/C18H18O2/c1-12(2)14-7-9-15(10-8-14)16-5-4-6-17(11-16)18(20)13(3)19/h4-12H,1-3H3. The maximum Gasteiger partial charge on any atom is 0.228 e. The Kier molecular flexibility index (Phi) is 4.14. The second-order valence-corrected chi connectivity index (χ2v) is 5.24. The summed E-state index contributed by atoms with van der Waals surface area (Å²) in [7, 11) is 0. The summed E-state index contributed by atoms with van der Waals surface area (Å²) in [5.74, 6) is -0.377. The SMILES string of the molecule is CC(=O)C(=O)c1cccc(-c2ccc(C(C)C)cc2)c1. The fourth-order valence-electron chi connectivity index (χ4n) is 2.10. The van der Waals surface area contributed by atoms with Gasteiger partial charge in [0.05, 0.1) is 0 Å². The minimum absolute atomic E-state index is 0.433. The molecule has 102 valence electrons. The zero-order valence-electron chi connectivity index (χ0n) is 12.0. The molecule has 2 aromatic carbocycles. The summed E-state index contributed by atoms with van der Waals surface area (Å²) in [6.45, 7) is 5.61. The quantitative estimate of drug-likeness (QED) is 0.612. The number of Topliss-reactive ketones (excluding diaryl/α,β-unsaturated/α-hetero) is 2. The molecule has 0 unspecified atom stereocenters. The number of carbonyl (C=O) groups is 2. The van der Waals surface area contributed by atoms with Crippen molar-refractivity contribution < 1.29 is 9.59 Å². The van der Waals surface area contributed by atoms with Crippen LogP contribution in [0.2, 0.25) is 0 Å². The topological polar surface area (TPSA) is 34.1 Å². The molecule has 0 saturated carbocycles. The molecule has 0 radical (unpaired) electrons. The van der Waals surface area contributed by atoms with Crippen molar-refractivity contribution >= 4 is 11.6 Å². The minimum Gasteiger partial charge on any atom is -0.291 e. The molecule has 0 heterocycles. The lowest BCUT2D eigenvalue weighted by Crippen LogP contribution is -2.09. The van der Waals surface area contributed by atoms with Gasteiger partial charge in [-0.2, -0.15) is 0 Å². The lowest BCUT2D eigenvalue weighted by molar-refractivity contribution is -0.113. The Morgan fingerprint density at radius 3 is 2.10 bits per heavy atom. The first-order valence-corrected chi connectivity index (χ1v) is 6.74. The molecular weight excluding hydrogens is 248 g/mol. The van der Waals surface area contributed by atoms with Gasteiger partial charge in [0, 0.05) is 12.5 Å². The molecule has 2 aromatic rings. The first-order chi connectivity index (χ1) is 9.49. The van der Waals surface area contributed by atoms with Crippen molar-refractivity contribution in [2.75, 3.05) is 0 Å². The van der Waals surface area contributed by atoms with Crippen LogP contribution in [0.4, 0.5) is 0 Å². The molecule has 0 fully saturated rings. The maximum absolute atomic E-state index is 11.7. The van der Waals surface area contributed by atoms with Crippen LogP contribution < -0.4 is 0 Å². The van der Waals surface area contributed by atoms with Gasteiger partial charge in [0.25, 0.3) is 0 Å². The van der Waals surface area contributed by atoms with E-state index in [1.54, 1.807) is 12.1 Å². The van der Waals surface area contributed by atoms with E-state index in [4.69, 9.17) is 0 Å². The number of carbonyl (C=O) groups excluding carboxylic acids is 2. The van der Waals surface area contributed by atoms with E-state index in [-0.39, 0.29) is 0 Å². The van der Waals surface area contributed by atoms with Crippen molar-refractivity contribution in [1.82, 2.24) is 0 Å². The van der Waals surface area contributed by atoms with E-state index in [1.807, 2.05) is 24.3 Å². The molecule has 0 bridgehead atoms. The summed E-state index contributed by atoms with van der Waals surface area (Å²) in [6.07, 6.45) is 0. The molecule has 0 aromatic heterocycles. The molecule has 0 aliphatic heterocycles. The minimum atomic E-state index is -0.439. The van der Waals surface area contributed by atoms with Crippen LogP contribution in [-0.4, -0.2) is 11.6 Å². The predicted octanol–water partition coefficient (Wildman–Crippen LogP) is 4.25. The summed E-state index contributed by atoms with van der Waals surface area (Å²) < 4.78 is 0. The highest BCUT2D eigenvalue weighted by molar-refractivity contribution is 6.43. The van der Waals surface area contributed by atoms with Crippen LogP contribution in [-0.2, 0) is 4.79 Å². The Labute approximate surface area is 119 Å². The van der Waals surface area contributed by atoms with E-state index in [0.29, 0.717) is 11.5 Å². The highest BCUT2D eigenvalue weighted by atomic mass is 16.2. The summed E-state index contributed by atoms with van der Waals surface area (Å²) in [5.41, 5.74) is 3.73. The average molecular weight is 266 g/mol. The van der Waals surface area contributed by atoms with Crippen molar-refractivity contribution in [3.63, 3.8) is 0 Å². The van der Waals surface area contributed by atoms with Crippen LogP contribution in [0.3, 0.4) is 0 Å². The van der Waals surface area contributed by atoms with Crippen molar-refractivity contribution in [3.8, 4) is 11.1 Å². The van der Waals surface area contributed by atoms with Gasteiger partial charge in [-0.1, -0.05) is 56.3 Å². The number of ketones is 2. The Morgan fingerprint density at radius 1 is 0.900 bits per heavy atom. The molecule has 2 rings (SSSR count). The first-order valence-electron chi connectivity index (χ1n) is 6.74. The van der Waals surface area contributed by atoms with Gasteiger partial charge in [-0.05, 0) is 28.7 Å². The smallest absolute Gasteiger partial charge is 0.228 e. The van der Waals surface area contributed by atoms with Crippen LogP contribution in [0.5, 0.6) is 0 Å². The summed E-state index contributed by atoms with van der Waals surface area (Å²) in [6, 6.07) is 15.5. The molecule has 2 heteroatoms. The van der Waals surface area contributed by atoms with E-state index in [2.05, 4.69) is 26.0 Å². The normalized spacial score (nSPS) is 10.6. The van der Waals surface area contributed by atoms with Gasteiger partial charge in [0.2, 0.25) is 5.78 Å². The molecule has 0 N–H and O–H groups in total. The average Bonchev–Trinajstić information content (AvgIpc) is 2.46. The van der Waals surface area contributed by atoms with E-state index in [0.717, 1.165) is 11.1 Å². The zero-order chi connectivity index (χ0) is 14.7. The summed E-state index contributed by atoms with van der Waals surface area (Å²) in [4.78, 5) is 22.9. The number of benzene rings is 2. The van der Waals surface area contributed by atoms with Gasteiger partial charge in [0.1, 0.15) is 0 Å². The molecule has 0 saturated heterocycles. The van der Waals surface area contributed by atoms with Crippen LogP contribution in [0.15, 0.2) is 48.5 Å². The molecular formula is C18H18O2. The van der Waals surface area contributed by atoms with Crippen molar-refractivity contribution in [2.45, 2.75) is 26.7 Å². The first kappa shape index (κ1) is 14.2. The van der Waals surface area contributed by atoms with Crippen LogP contribution in [0.1, 0.15) is 42.6 Å². The second-order valence-electron chi connectivity index (χ2n) is 5.24. The number of hydrogen-bond acceptors (Lipinski definition) is 2.